The van der Waals surface area contributed by atoms with Gasteiger partial charge in [0.15, 0.2) is 0 Å². The van der Waals surface area contributed by atoms with E-state index in [1.54, 1.807) is 30.1 Å². The molecule has 1 aromatic heterocycles. The third-order valence-corrected chi connectivity index (χ3v) is 3.14. The highest BCUT2D eigenvalue weighted by Gasteiger charge is 2.14. The lowest BCUT2D eigenvalue weighted by Crippen LogP contribution is -2.07. The maximum atomic E-state index is 9.23. The number of aryl methyl sites for hydroxylation is 1. The summed E-state index contributed by atoms with van der Waals surface area (Å²) < 4.78 is 1.65. The lowest BCUT2D eigenvalue weighted by Gasteiger charge is -2.10. The summed E-state index contributed by atoms with van der Waals surface area (Å²) in [5, 5.41) is 13.9. The number of benzene rings is 1. The molecular formula is C12H9BClN3. The summed E-state index contributed by atoms with van der Waals surface area (Å²) >= 11 is 6.00. The Balaban J connectivity index is 2.78. The van der Waals surface area contributed by atoms with Crippen molar-refractivity contribution in [3.63, 3.8) is 0 Å². The van der Waals surface area contributed by atoms with Gasteiger partial charge in [0, 0.05) is 23.8 Å². The van der Waals surface area contributed by atoms with Gasteiger partial charge in [-0.15, -0.1) is 0 Å². The fourth-order valence-corrected chi connectivity index (χ4v) is 1.97. The van der Waals surface area contributed by atoms with Crippen molar-refractivity contribution in [3.8, 4) is 17.3 Å². The summed E-state index contributed by atoms with van der Waals surface area (Å²) in [7, 11) is 7.65. The van der Waals surface area contributed by atoms with Crippen molar-refractivity contribution < 1.29 is 0 Å². The molecule has 0 aliphatic heterocycles. The second-order valence-electron chi connectivity index (χ2n) is 3.78. The van der Waals surface area contributed by atoms with Crippen molar-refractivity contribution in [3.05, 3.63) is 34.5 Å². The average molecular weight is 241 g/mol. The molecule has 0 bridgehead atoms. The van der Waals surface area contributed by atoms with Gasteiger partial charge < -0.3 is 0 Å². The fourth-order valence-electron chi connectivity index (χ4n) is 1.81. The molecule has 2 radical (unpaired) electrons. The van der Waals surface area contributed by atoms with Crippen LogP contribution in [-0.2, 0) is 7.05 Å². The Bertz CT molecular complexity index is 606. The molecule has 0 N–H and O–H groups in total. The summed E-state index contributed by atoms with van der Waals surface area (Å²) in [6.45, 7) is 1.82. The first-order valence-corrected chi connectivity index (χ1v) is 5.41. The zero-order chi connectivity index (χ0) is 12.6. The van der Waals surface area contributed by atoms with Crippen LogP contribution in [0.25, 0.3) is 11.3 Å². The van der Waals surface area contributed by atoms with E-state index in [1.807, 2.05) is 6.92 Å². The molecule has 0 amide bonds. The Morgan fingerprint density at radius 1 is 1.47 bits per heavy atom. The number of hydrogen-bond acceptors (Lipinski definition) is 2. The number of nitriles is 1. The average Bonchev–Trinajstić information content (AvgIpc) is 2.63. The van der Waals surface area contributed by atoms with Crippen LogP contribution in [0, 0.1) is 18.3 Å². The van der Waals surface area contributed by atoms with Crippen LogP contribution in [0.15, 0.2) is 18.3 Å². The Hall–Kier alpha value is -1.73. The first-order chi connectivity index (χ1) is 8.06. The van der Waals surface area contributed by atoms with E-state index in [-0.39, 0.29) is 0 Å². The number of aromatic nitrogens is 2. The van der Waals surface area contributed by atoms with Gasteiger partial charge in [0.25, 0.3) is 0 Å². The quantitative estimate of drug-likeness (QED) is 0.713. The number of hydrogen-bond donors (Lipinski definition) is 0. The fraction of sp³-hybridized carbons (Fsp3) is 0.167. The standard InChI is InChI=1S/C12H9BClN3/c1-7-9(5-15)8(3-4-11(7)14)12-10(13)6-16-17(12)2/h3-4,6H,1-2H3. The van der Waals surface area contributed by atoms with E-state index >= 15 is 0 Å². The molecule has 17 heavy (non-hydrogen) atoms. The zero-order valence-electron chi connectivity index (χ0n) is 9.53. The van der Waals surface area contributed by atoms with Crippen LogP contribution in [0.3, 0.4) is 0 Å². The van der Waals surface area contributed by atoms with Gasteiger partial charge in [0.1, 0.15) is 13.9 Å². The molecular weight excluding hydrogens is 232 g/mol. The SMILES string of the molecule is [B]c1cnn(C)c1-c1ccc(Cl)c(C)c1C#N. The number of nitrogens with zero attached hydrogens (tertiary/aromatic N) is 3. The molecule has 5 heteroatoms. The normalized spacial score (nSPS) is 10.2. The summed E-state index contributed by atoms with van der Waals surface area (Å²) in [5.74, 6) is 0. The van der Waals surface area contributed by atoms with Crippen LogP contribution < -0.4 is 5.46 Å². The lowest BCUT2D eigenvalue weighted by atomic mass is 9.90. The van der Waals surface area contributed by atoms with Crippen LogP contribution in [0.2, 0.25) is 5.02 Å². The topological polar surface area (TPSA) is 41.6 Å². The van der Waals surface area contributed by atoms with Crippen LogP contribution in [0.4, 0.5) is 0 Å². The maximum absolute atomic E-state index is 9.23. The minimum atomic E-state index is 0.535. The van der Waals surface area contributed by atoms with Gasteiger partial charge in [0.2, 0.25) is 0 Å². The Morgan fingerprint density at radius 3 is 2.71 bits per heavy atom. The monoisotopic (exact) mass is 241 g/mol. The largest absolute Gasteiger partial charge is 0.269 e. The third-order valence-electron chi connectivity index (χ3n) is 2.73. The first kappa shape index (κ1) is 11.8. The van der Waals surface area contributed by atoms with Gasteiger partial charge in [-0.05, 0) is 18.6 Å². The predicted octanol–water partition coefficient (Wildman–Crippen LogP) is 1.71. The van der Waals surface area contributed by atoms with Gasteiger partial charge in [-0.2, -0.15) is 10.4 Å². The van der Waals surface area contributed by atoms with Gasteiger partial charge in [-0.1, -0.05) is 23.1 Å². The smallest absolute Gasteiger partial charge is 0.119 e. The summed E-state index contributed by atoms with van der Waals surface area (Å²) in [5.41, 5.74) is 3.33. The van der Waals surface area contributed by atoms with Gasteiger partial charge in [-0.25, -0.2) is 0 Å². The minimum absolute atomic E-state index is 0.535. The van der Waals surface area contributed by atoms with Gasteiger partial charge in [0.05, 0.1) is 11.3 Å². The molecule has 0 fully saturated rings. The van der Waals surface area contributed by atoms with Crippen LogP contribution >= 0.6 is 11.6 Å². The number of halogens is 1. The molecule has 82 valence electrons. The van der Waals surface area contributed by atoms with Crippen molar-refractivity contribution in [1.82, 2.24) is 9.78 Å². The van der Waals surface area contributed by atoms with E-state index in [2.05, 4.69) is 11.2 Å². The second-order valence-corrected chi connectivity index (χ2v) is 4.19. The molecule has 0 saturated carbocycles. The summed E-state index contributed by atoms with van der Waals surface area (Å²) in [4.78, 5) is 0. The van der Waals surface area contributed by atoms with Crippen molar-refractivity contribution in [2.75, 3.05) is 0 Å². The van der Waals surface area contributed by atoms with E-state index < -0.39 is 0 Å². The minimum Gasteiger partial charge on any atom is -0.269 e. The molecule has 0 aliphatic rings. The molecule has 0 spiro atoms. The molecule has 1 heterocycles. The summed E-state index contributed by atoms with van der Waals surface area (Å²) in [6.07, 6.45) is 1.57. The van der Waals surface area contributed by atoms with E-state index in [0.717, 1.165) is 16.8 Å². The molecule has 0 saturated heterocycles. The highest BCUT2D eigenvalue weighted by molar-refractivity contribution is 6.35. The van der Waals surface area contributed by atoms with E-state index in [9.17, 15) is 5.26 Å². The first-order valence-electron chi connectivity index (χ1n) is 5.03. The highest BCUT2D eigenvalue weighted by atomic mass is 35.5. The zero-order valence-corrected chi connectivity index (χ0v) is 10.3. The predicted molar refractivity (Wildman–Crippen MR) is 68.5 cm³/mol. The third kappa shape index (κ3) is 1.83. The lowest BCUT2D eigenvalue weighted by molar-refractivity contribution is 0.776. The molecule has 0 atom stereocenters. The van der Waals surface area contributed by atoms with Crippen molar-refractivity contribution >= 4 is 24.9 Å². The maximum Gasteiger partial charge on any atom is 0.119 e. The molecule has 2 aromatic rings. The Labute approximate surface area is 106 Å². The Kier molecular flexibility index (Phi) is 2.95. The van der Waals surface area contributed by atoms with E-state index in [1.165, 1.54) is 0 Å². The van der Waals surface area contributed by atoms with Gasteiger partial charge >= 0.3 is 0 Å². The molecule has 2 rings (SSSR count). The van der Waals surface area contributed by atoms with Crippen LogP contribution in [0.5, 0.6) is 0 Å². The van der Waals surface area contributed by atoms with Gasteiger partial charge in [-0.3, -0.25) is 4.68 Å². The highest BCUT2D eigenvalue weighted by Crippen LogP contribution is 2.28. The molecule has 1 aromatic carbocycles. The van der Waals surface area contributed by atoms with E-state index in [4.69, 9.17) is 19.4 Å². The van der Waals surface area contributed by atoms with Crippen molar-refractivity contribution in [2.24, 2.45) is 7.05 Å². The van der Waals surface area contributed by atoms with E-state index in [0.29, 0.717) is 16.0 Å². The molecule has 3 nitrogen and oxygen atoms in total. The Morgan fingerprint density at radius 2 is 2.18 bits per heavy atom. The van der Waals surface area contributed by atoms with Crippen molar-refractivity contribution in [2.45, 2.75) is 6.92 Å². The second kappa shape index (κ2) is 4.27. The summed E-state index contributed by atoms with van der Waals surface area (Å²) in [6, 6.07) is 5.72. The van der Waals surface area contributed by atoms with Crippen molar-refractivity contribution in [1.29, 1.82) is 5.26 Å². The van der Waals surface area contributed by atoms with Crippen LogP contribution in [-0.4, -0.2) is 17.6 Å². The molecule has 0 unspecified atom stereocenters. The molecule has 0 aliphatic carbocycles. The number of rotatable bonds is 1. The van der Waals surface area contributed by atoms with Crippen LogP contribution in [0.1, 0.15) is 11.1 Å².